The average molecular weight is 106 g/mol. The Labute approximate surface area is 42.8 Å². The quantitative estimate of drug-likeness (QED) is 0.401. The molecule has 0 aromatic rings. The van der Waals surface area contributed by atoms with Gasteiger partial charge < -0.3 is 4.89 Å². The van der Waals surface area contributed by atoms with E-state index in [1.54, 1.807) is 6.92 Å². The third-order valence-electron chi connectivity index (χ3n) is 0.390. The van der Waals surface area contributed by atoms with E-state index in [9.17, 15) is 4.79 Å². The number of hydrogen-bond acceptors (Lipinski definition) is 3. The molecule has 0 aliphatic rings. The van der Waals surface area contributed by atoms with Gasteiger partial charge in [-0.15, -0.1) is 0 Å². The molecule has 0 aliphatic heterocycles. The Balaban J connectivity index is 0. The maximum Gasteiger partial charge on any atom is 0.341 e. The second-order valence-electron chi connectivity index (χ2n) is 0.817. The van der Waals surface area contributed by atoms with Crippen LogP contribution < -0.4 is 0 Å². The molecule has 0 heterocycles. The minimum Gasteiger partial charge on any atom is -0.301 e. The SMILES string of the molecule is C.CCC(=O)OO. The van der Waals surface area contributed by atoms with E-state index in [0.29, 0.717) is 0 Å². The Morgan fingerprint density at radius 1 is 1.86 bits per heavy atom. The van der Waals surface area contributed by atoms with E-state index in [1.165, 1.54) is 0 Å². The zero-order chi connectivity index (χ0) is 4.99. The van der Waals surface area contributed by atoms with Crippen LogP contribution in [-0.4, -0.2) is 11.2 Å². The Kier molecular flexibility index (Phi) is 7.49. The van der Waals surface area contributed by atoms with Crippen LogP contribution in [0.5, 0.6) is 0 Å². The highest BCUT2D eigenvalue weighted by molar-refractivity contribution is 5.67. The zero-order valence-electron chi connectivity index (χ0n) is 3.47. The molecule has 0 aromatic carbocycles. The van der Waals surface area contributed by atoms with Crippen LogP contribution >= 0.6 is 0 Å². The summed E-state index contributed by atoms with van der Waals surface area (Å²) in [5.74, 6) is -0.602. The van der Waals surface area contributed by atoms with Crippen molar-refractivity contribution >= 4 is 5.97 Å². The molecular formula is C4H10O3. The lowest BCUT2D eigenvalue weighted by atomic mass is 10.5. The highest BCUT2D eigenvalue weighted by Gasteiger charge is 1.90. The van der Waals surface area contributed by atoms with E-state index >= 15 is 0 Å². The predicted molar refractivity (Wildman–Crippen MR) is 25.7 cm³/mol. The first-order chi connectivity index (χ1) is 2.81. The molecule has 0 aromatic heterocycles. The van der Waals surface area contributed by atoms with Gasteiger partial charge in [-0.25, -0.2) is 4.79 Å². The zero-order valence-corrected chi connectivity index (χ0v) is 3.47. The summed E-state index contributed by atoms with van der Waals surface area (Å²) in [5.41, 5.74) is 0. The lowest BCUT2D eigenvalue weighted by molar-refractivity contribution is -0.233. The van der Waals surface area contributed by atoms with Gasteiger partial charge in [-0.05, 0) is 0 Å². The Morgan fingerprint density at radius 2 is 2.29 bits per heavy atom. The molecule has 7 heavy (non-hydrogen) atoms. The van der Waals surface area contributed by atoms with E-state index in [-0.39, 0.29) is 13.8 Å². The molecule has 1 N–H and O–H groups in total. The first-order valence-corrected chi connectivity index (χ1v) is 1.65. The normalized spacial score (nSPS) is 6.57. The van der Waals surface area contributed by atoms with Crippen LogP contribution in [0, 0.1) is 0 Å². The number of hydrogen-bond donors (Lipinski definition) is 1. The lowest BCUT2D eigenvalue weighted by Gasteiger charge is -1.83. The Bertz CT molecular complexity index is 44.9. The number of carbonyl (C=O) groups is 1. The molecule has 0 amide bonds. The minimum absolute atomic E-state index is 0. The van der Waals surface area contributed by atoms with Crippen LogP contribution in [0.1, 0.15) is 20.8 Å². The highest BCUT2D eigenvalue weighted by Crippen LogP contribution is 1.75. The molecule has 0 saturated carbocycles. The van der Waals surface area contributed by atoms with Gasteiger partial charge >= 0.3 is 5.97 Å². The van der Waals surface area contributed by atoms with Crippen LogP contribution in [0.4, 0.5) is 0 Å². The smallest absolute Gasteiger partial charge is 0.301 e. The van der Waals surface area contributed by atoms with E-state index < -0.39 is 5.97 Å². The third kappa shape index (κ3) is 5.43. The summed E-state index contributed by atoms with van der Waals surface area (Å²) in [6.07, 6.45) is 0.219. The molecule has 0 atom stereocenters. The monoisotopic (exact) mass is 106 g/mol. The van der Waals surface area contributed by atoms with Crippen LogP contribution in [0.2, 0.25) is 0 Å². The average Bonchev–Trinajstić information content (AvgIpc) is 1.65. The molecular weight excluding hydrogens is 96.0 g/mol. The van der Waals surface area contributed by atoms with Crippen molar-refractivity contribution in [2.75, 3.05) is 0 Å². The molecule has 0 aliphatic carbocycles. The molecule has 0 saturated heterocycles. The largest absolute Gasteiger partial charge is 0.341 e. The van der Waals surface area contributed by atoms with E-state index in [4.69, 9.17) is 5.26 Å². The van der Waals surface area contributed by atoms with Crippen molar-refractivity contribution in [3.63, 3.8) is 0 Å². The molecule has 0 fully saturated rings. The molecule has 0 spiro atoms. The Hall–Kier alpha value is -0.570. The highest BCUT2D eigenvalue weighted by atomic mass is 17.1. The molecule has 3 heteroatoms. The van der Waals surface area contributed by atoms with Crippen molar-refractivity contribution in [1.82, 2.24) is 0 Å². The van der Waals surface area contributed by atoms with E-state index in [0.717, 1.165) is 0 Å². The summed E-state index contributed by atoms with van der Waals surface area (Å²) in [6.45, 7) is 1.60. The van der Waals surface area contributed by atoms with Gasteiger partial charge in [0, 0.05) is 6.42 Å². The van der Waals surface area contributed by atoms with Gasteiger partial charge in [0.15, 0.2) is 0 Å². The van der Waals surface area contributed by atoms with Crippen LogP contribution in [0.25, 0.3) is 0 Å². The standard InChI is InChI=1S/C3H6O3.CH4/c1-2-3(4)6-5;/h5H,2H2,1H3;1H4. The topological polar surface area (TPSA) is 46.5 Å². The molecule has 0 unspecified atom stereocenters. The van der Waals surface area contributed by atoms with Gasteiger partial charge in [0.05, 0.1) is 0 Å². The number of carbonyl (C=O) groups excluding carboxylic acids is 1. The van der Waals surface area contributed by atoms with Crippen molar-refractivity contribution < 1.29 is 14.9 Å². The first-order valence-electron chi connectivity index (χ1n) is 1.65. The molecule has 44 valence electrons. The molecule has 3 nitrogen and oxygen atoms in total. The fourth-order valence-electron chi connectivity index (χ4n) is 0.0645. The lowest BCUT2D eigenvalue weighted by Crippen LogP contribution is -1.95. The van der Waals surface area contributed by atoms with Crippen LogP contribution in [-0.2, 0) is 9.68 Å². The van der Waals surface area contributed by atoms with Gasteiger partial charge in [0.1, 0.15) is 0 Å². The summed E-state index contributed by atoms with van der Waals surface area (Å²) < 4.78 is 0. The van der Waals surface area contributed by atoms with Crippen molar-refractivity contribution in [2.45, 2.75) is 20.8 Å². The van der Waals surface area contributed by atoms with Crippen LogP contribution in [0.3, 0.4) is 0 Å². The first kappa shape index (κ1) is 9.66. The van der Waals surface area contributed by atoms with Crippen molar-refractivity contribution in [1.29, 1.82) is 0 Å². The molecule has 0 rings (SSSR count). The summed E-state index contributed by atoms with van der Waals surface area (Å²) in [7, 11) is 0. The third-order valence-corrected chi connectivity index (χ3v) is 0.390. The summed E-state index contributed by atoms with van der Waals surface area (Å²) in [5, 5.41) is 7.49. The van der Waals surface area contributed by atoms with Crippen LogP contribution in [0.15, 0.2) is 0 Å². The van der Waals surface area contributed by atoms with Crippen molar-refractivity contribution in [3.8, 4) is 0 Å². The number of rotatable bonds is 1. The van der Waals surface area contributed by atoms with E-state index in [1.807, 2.05) is 0 Å². The fourth-order valence-corrected chi connectivity index (χ4v) is 0.0645. The summed E-state index contributed by atoms with van der Waals surface area (Å²) in [4.78, 5) is 13.0. The summed E-state index contributed by atoms with van der Waals surface area (Å²) in [6, 6.07) is 0. The van der Waals surface area contributed by atoms with Gasteiger partial charge in [0.2, 0.25) is 0 Å². The van der Waals surface area contributed by atoms with Gasteiger partial charge in [0.25, 0.3) is 0 Å². The van der Waals surface area contributed by atoms with Gasteiger partial charge in [-0.3, -0.25) is 0 Å². The molecule has 0 radical (unpaired) electrons. The summed E-state index contributed by atoms with van der Waals surface area (Å²) >= 11 is 0. The maximum atomic E-state index is 9.71. The minimum atomic E-state index is -0.602. The maximum absolute atomic E-state index is 9.71. The second-order valence-corrected chi connectivity index (χ2v) is 0.817. The molecule has 0 bridgehead atoms. The predicted octanol–water partition coefficient (Wildman–Crippen LogP) is 1.05. The van der Waals surface area contributed by atoms with E-state index in [2.05, 4.69) is 4.89 Å². The van der Waals surface area contributed by atoms with Crippen molar-refractivity contribution in [3.05, 3.63) is 0 Å². The second kappa shape index (κ2) is 5.43. The van der Waals surface area contributed by atoms with Gasteiger partial charge in [-0.2, -0.15) is 5.26 Å². The van der Waals surface area contributed by atoms with Gasteiger partial charge in [-0.1, -0.05) is 14.4 Å². The Morgan fingerprint density at radius 3 is 2.29 bits per heavy atom. The van der Waals surface area contributed by atoms with Crippen molar-refractivity contribution in [2.24, 2.45) is 0 Å². The fraction of sp³-hybridized carbons (Fsp3) is 0.750.